The van der Waals surface area contributed by atoms with Crippen LogP contribution in [0.1, 0.15) is 46.5 Å². The normalized spacial score (nSPS) is 24.7. The zero-order valence-electron chi connectivity index (χ0n) is 19.1. The molecule has 0 aromatic rings. The quantitative estimate of drug-likeness (QED) is 0.396. The fourth-order valence-corrected chi connectivity index (χ4v) is 3.65. The summed E-state index contributed by atoms with van der Waals surface area (Å²) in [6.45, 7) is 8.75. The van der Waals surface area contributed by atoms with Crippen molar-refractivity contribution in [2.45, 2.75) is 70.5 Å². The van der Waals surface area contributed by atoms with Crippen LogP contribution in [0.4, 0.5) is 4.79 Å². The van der Waals surface area contributed by atoms with E-state index < -0.39 is 5.60 Å². The summed E-state index contributed by atoms with van der Waals surface area (Å²) in [4.78, 5) is 16.9. The highest BCUT2D eigenvalue weighted by Crippen LogP contribution is 2.25. The molecule has 2 fully saturated rings. The lowest BCUT2D eigenvalue weighted by Gasteiger charge is -2.30. The van der Waals surface area contributed by atoms with E-state index in [1.54, 1.807) is 4.90 Å². The van der Waals surface area contributed by atoms with Gasteiger partial charge in [0.05, 0.1) is 45.1 Å². The highest BCUT2D eigenvalue weighted by Gasteiger charge is 2.40. The first-order valence-electron chi connectivity index (χ1n) is 10.8. The number of hydrogen-bond acceptors (Lipinski definition) is 7. The van der Waals surface area contributed by atoms with E-state index in [1.165, 1.54) is 0 Å². The number of carbonyl (C=O) groups excluding carboxylic acids is 1. The van der Waals surface area contributed by atoms with Gasteiger partial charge in [0.1, 0.15) is 10.6 Å². The number of carbonyl (C=O) groups is 1. The maximum atomic E-state index is 12.6. The van der Waals surface area contributed by atoms with Crippen LogP contribution in [0.15, 0.2) is 0 Å². The Morgan fingerprint density at radius 1 is 1.13 bits per heavy atom. The molecule has 0 aromatic heterocycles. The molecular weight excluding hydrogens is 408 g/mol. The minimum absolute atomic E-state index is 0.0894. The molecule has 0 N–H and O–H groups in total. The predicted octanol–water partition coefficient (Wildman–Crippen LogP) is 2.83. The lowest BCUT2D eigenvalue weighted by atomic mass is 10.2. The van der Waals surface area contributed by atoms with Gasteiger partial charge in [-0.2, -0.15) is 0 Å². The average Bonchev–Trinajstić information content (AvgIpc) is 3.10. The molecule has 0 saturated carbocycles. The van der Waals surface area contributed by atoms with Gasteiger partial charge >= 0.3 is 6.09 Å². The summed E-state index contributed by atoms with van der Waals surface area (Å²) in [5, 5.41) is 0. The van der Waals surface area contributed by atoms with Gasteiger partial charge in [0.2, 0.25) is 0 Å². The van der Waals surface area contributed by atoms with E-state index in [0.717, 1.165) is 25.9 Å². The number of rotatable bonds is 9. The molecule has 3 atom stereocenters. The Bertz CT molecular complexity index is 548. The molecule has 2 heterocycles. The number of likely N-dealkylation sites (tertiary alicyclic amines) is 1. The first-order chi connectivity index (χ1) is 14.2. The van der Waals surface area contributed by atoms with Crippen LogP contribution < -0.4 is 0 Å². The first kappa shape index (κ1) is 25.3. The summed E-state index contributed by atoms with van der Waals surface area (Å²) >= 11 is 5.54. The second-order valence-electron chi connectivity index (χ2n) is 8.89. The van der Waals surface area contributed by atoms with Gasteiger partial charge in [0.25, 0.3) is 0 Å². The molecular formula is C21H38N2O6S. The first-order valence-corrected chi connectivity index (χ1v) is 11.2. The molecule has 1 unspecified atom stereocenters. The van der Waals surface area contributed by atoms with E-state index >= 15 is 0 Å². The van der Waals surface area contributed by atoms with Crippen molar-refractivity contribution in [2.24, 2.45) is 0 Å². The van der Waals surface area contributed by atoms with Gasteiger partial charge in [-0.25, -0.2) is 4.79 Å². The molecule has 1 amide bonds. The fraction of sp³-hybridized carbons (Fsp3) is 0.905. The summed E-state index contributed by atoms with van der Waals surface area (Å²) in [7, 11) is 3.77. The Morgan fingerprint density at radius 3 is 2.43 bits per heavy atom. The molecule has 2 aliphatic rings. The van der Waals surface area contributed by atoms with Crippen LogP contribution in [0.5, 0.6) is 0 Å². The lowest BCUT2D eigenvalue weighted by molar-refractivity contribution is -0.169. The average molecular weight is 447 g/mol. The maximum absolute atomic E-state index is 12.6. The molecule has 0 aliphatic carbocycles. The number of nitrogens with zero attached hydrogens (tertiary/aromatic N) is 2. The molecule has 0 aromatic carbocycles. The lowest BCUT2D eigenvalue weighted by Crippen LogP contribution is -2.46. The molecule has 174 valence electrons. The van der Waals surface area contributed by atoms with Crippen LogP contribution in [-0.4, -0.2) is 98.6 Å². The Hall–Kier alpha value is -1.00. The molecule has 0 bridgehead atoms. The van der Waals surface area contributed by atoms with E-state index in [9.17, 15) is 4.79 Å². The van der Waals surface area contributed by atoms with E-state index in [0.29, 0.717) is 44.4 Å². The van der Waals surface area contributed by atoms with Crippen LogP contribution in [0.3, 0.4) is 0 Å². The Morgan fingerprint density at radius 2 is 1.83 bits per heavy atom. The van der Waals surface area contributed by atoms with E-state index in [2.05, 4.69) is 0 Å². The number of amides is 1. The Labute approximate surface area is 186 Å². The van der Waals surface area contributed by atoms with Crippen molar-refractivity contribution >= 4 is 23.3 Å². The third-order valence-electron chi connectivity index (χ3n) is 4.87. The van der Waals surface area contributed by atoms with Gasteiger partial charge in [-0.15, -0.1) is 0 Å². The SMILES string of the molecule is CN(C)C(=S)[C@@H]1C[C@@H](OCCOCCOC2CCCCO2)CN1C(=O)OC(C)(C)C. The highest BCUT2D eigenvalue weighted by molar-refractivity contribution is 7.80. The zero-order valence-corrected chi connectivity index (χ0v) is 19.9. The fourth-order valence-electron chi connectivity index (χ4n) is 3.43. The van der Waals surface area contributed by atoms with Gasteiger partial charge < -0.3 is 28.6 Å². The van der Waals surface area contributed by atoms with Gasteiger partial charge in [-0.05, 0) is 40.0 Å². The molecule has 9 heteroatoms. The van der Waals surface area contributed by atoms with Crippen molar-refractivity contribution in [3.05, 3.63) is 0 Å². The van der Waals surface area contributed by atoms with Crippen LogP contribution in [-0.2, 0) is 23.7 Å². The summed E-state index contributed by atoms with van der Waals surface area (Å²) in [6, 6.07) is -0.209. The minimum Gasteiger partial charge on any atom is -0.444 e. The van der Waals surface area contributed by atoms with Crippen molar-refractivity contribution in [3.8, 4) is 0 Å². The van der Waals surface area contributed by atoms with Crippen LogP contribution >= 0.6 is 12.2 Å². The third kappa shape index (κ3) is 8.63. The molecule has 30 heavy (non-hydrogen) atoms. The number of ether oxygens (including phenoxy) is 5. The van der Waals surface area contributed by atoms with Crippen LogP contribution in [0.25, 0.3) is 0 Å². The topological polar surface area (TPSA) is 69.7 Å². The molecule has 2 saturated heterocycles. The van der Waals surface area contributed by atoms with Crippen molar-refractivity contribution in [1.29, 1.82) is 0 Å². The smallest absolute Gasteiger partial charge is 0.410 e. The van der Waals surface area contributed by atoms with E-state index in [-0.39, 0.29) is 24.5 Å². The van der Waals surface area contributed by atoms with Gasteiger partial charge in [0.15, 0.2) is 6.29 Å². The van der Waals surface area contributed by atoms with E-state index in [4.69, 9.17) is 35.9 Å². The van der Waals surface area contributed by atoms with Crippen molar-refractivity contribution in [1.82, 2.24) is 9.80 Å². The summed E-state index contributed by atoms with van der Waals surface area (Å²) in [5.41, 5.74) is -0.557. The van der Waals surface area contributed by atoms with Gasteiger partial charge in [-0.1, -0.05) is 12.2 Å². The largest absolute Gasteiger partial charge is 0.444 e. The van der Waals surface area contributed by atoms with Crippen molar-refractivity contribution in [2.75, 3.05) is 53.7 Å². The molecule has 0 spiro atoms. The highest BCUT2D eigenvalue weighted by atomic mass is 32.1. The van der Waals surface area contributed by atoms with Gasteiger partial charge in [0, 0.05) is 27.1 Å². The standard InChI is InChI=1S/C21H38N2O6S/c1-21(2,3)29-20(24)23-15-16(14-17(23)19(30)22(4)5)26-12-10-25-11-13-28-18-8-6-7-9-27-18/h16-18H,6-15H2,1-5H3/t16-,17+,18?/m1/s1. The third-order valence-corrected chi connectivity index (χ3v) is 5.50. The maximum Gasteiger partial charge on any atom is 0.410 e. The summed E-state index contributed by atoms with van der Waals surface area (Å²) in [5.74, 6) is 0. The second kappa shape index (κ2) is 12.1. The summed E-state index contributed by atoms with van der Waals surface area (Å²) < 4.78 is 28.3. The van der Waals surface area contributed by atoms with Crippen molar-refractivity contribution in [3.63, 3.8) is 0 Å². The monoisotopic (exact) mass is 446 g/mol. The molecule has 2 rings (SSSR count). The van der Waals surface area contributed by atoms with Crippen molar-refractivity contribution < 1.29 is 28.5 Å². The second-order valence-corrected chi connectivity index (χ2v) is 9.31. The Balaban J connectivity index is 1.69. The number of likely N-dealkylation sites (N-methyl/N-ethyl adjacent to an activating group) is 1. The predicted molar refractivity (Wildman–Crippen MR) is 118 cm³/mol. The minimum atomic E-state index is -0.557. The van der Waals surface area contributed by atoms with Crippen LogP contribution in [0, 0.1) is 0 Å². The van der Waals surface area contributed by atoms with Gasteiger partial charge in [-0.3, -0.25) is 4.90 Å². The summed E-state index contributed by atoms with van der Waals surface area (Å²) in [6.07, 6.45) is 3.32. The molecule has 2 aliphatic heterocycles. The molecule has 8 nitrogen and oxygen atoms in total. The van der Waals surface area contributed by atoms with Crippen LogP contribution in [0.2, 0.25) is 0 Å². The molecule has 0 radical (unpaired) electrons. The number of hydrogen-bond donors (Lipinski definition) is 0. The zero-order chi connectivity index (χ0) is 22.1. The number of thiocarbonyl (C=S) groups is 1. The Kier molecular flexibility index (Phi) is 10.2. The van der Waals surface area contributed by atoms with E-state index in [1.807, 2.05) is 39.8 Å².